The van der Waals surface area contributed by atoms with Gasteiger partial charge in [0.15, 0.2) is 0 Å². The van der Waals surface area contributed by atoms with Crippen molar-refractivity contribution in [3.63, 3.8) is 0 Å². The van der Waals surface area contributed by atoms with Crippen LogP contribution >= 0.6 is 0 Å². The average Bonchev–Trinajstić information content (AvgIpc) is 1.72. The fourth-order valence-corrected chi connectivity index (χ4v) is 0.277. The molecule has 6 heavy (non-hydrogen) atoms. The maximum absolute atomic E-state index is 3.73. The first-order chi connectivity index (χ1) is 3.00. The molecule has 0 bridgehead atoms. The minimum atomic E-state index is 1.62. The molecule has 0 unspecified atom stereocenters. The molecule has 1 aromatic rings. The van der Waals surface area contributed by atoms with Gasteiger partial charge in [-0.2, -0.15) is 0 Å². The van der Waals surface area contributed by atoms with Crippen LogP contribution in [0.1, 0.15) is 0 Å². The van der Waals surface area contributed by atoms with Crippen LogP contribution in [0.3, 0.4) is 0 Å². The summed E-state index contributed by atoms with van der Waals surface area (Å²) in [6.07, 6.45) is 3.34. The van der Waals surface area contributed by atoms with E-state index in [0.717, 1.165) is 0 Å². The molecule has 27 valence electrons. The zero-order chi connectivity index (χ0) is 4.24. The monoisotopic (exact) mass is 76.0 g/mol. The summed E-state index contributed by atoms with van der Waals surface area (Å²) in [5, 5.41) is 0. The molecule has 1 radical (unpaired) electrons. The van der Waals surface area contributed by atoms with Crippen molar-refractivity contribution in [1.82, 2.24) is 4.98 Å². The average molecular weight is 75.9 g/mol. The van der Waals surface area contributed by atoms with Gasteiger partial charge in [0.25, 0.3) is 0 Å². The van der Waals surface area contributed by atoms with E-state index in [1.54, 1.807) is 12.4 Å². The van der Waals surface area contributed by atoms with Crippen molar-refractivity contribution in [2.75, 3.05) is 0 Å². The van der Waals surface area contributed by atoms with Gasteiger partial charge in [-0.3, -0.25) is 0 Å². The number of nitrogens with zero attached hydrogens (tertiary/aromatic N) is 1. The van der Waals surface area contributed by atoms with Crippen molar-refractivity contribution in [3.05, 3.63) is 24.3 Å². The van der Waals surface area contributed by atoms with Crippen molar-refractivity contribution >= 4 is 6.91 Å². The molecule has 0 N–H and O–H groups in total. The summed E-state index contributed by atoms with van der Waals surface area (Å²) in [4.78, 5) is 3.73. The van der Waals surface area contributed by atoms with Crippen molar-refractivity contribution in [3.8, 4) is 0 Å². The third kappa shape index (κ3) is 0.644. The Kier molecular flexibility index (Phi) is 1.00. The van der Waals surface area contributed by atoms with Crippen LogP contribution in [0.5, 0.6) is 0 Å². The van der Waals surface area contributed by atoms with E-state index in [4.69, 9.17) is 0 Å². The van der Waals surface area contributed by atoms with E-state index in [1.165, 1.54) is 0 Å². The minimum absolute atomic E-state index is 1.62. The molecule has 1 heterocycles. The second-order valence-corrected chi connectivity index (χ2v) is 0.953. The zero-order valence-electron chi connectivity index (χ0n) is 3.26. The molecule has 0 aromatic carbocycles. The number of aromatic nitrogens is 1. The van der Waals surface area contributed by atoms with Gasteiger partial charge < -0.3 is 0 Å². The Labute approximate surface area is 37.3 Å². The van der Waals surface area contributed by atoms with Crippen LogP contribution in [-0.2, 0) is 0 Å². The fourth-order valence-electron chi connectivity index (χ4n) is 0.277. The molecule has 1 aromatic heterocycles. The van der Waals surface area contributed by atoms with Crippen LogP contribution in [0.4, 0.5) is 0 Å². The SMILES string of the molecule is b1[c]cncc1. The van der Waals surface area contributed by atoms with Crippen LogP contribution in [0.2, 0.25) is 0 Å². The molecular weight excluding hydrogens is 72.9 g/mol. The molecule has 0 atom stereocenters. The van der Waals surface area contributed by atoms with Gasteiger partial charge in [0.1, 0.15) is 0 Å². The van der Waals surface area contributed by atoms with Crippen molar-refractivity contribution in [1.29, 1.82) is 0 Å². The Morgan fingerprint density at radius 3 is 2.83 bits per heavy atom. The van der Waals surface area contributed by atoms with Gasteiger partial charge in [-0.15, -0.1) is 0 Å². The van der Waals surface area contributed by atoms with Gasteiger partial charge in [-0.25, -0.2) is 0 Å². The van der Waals surface area contributed by atoms with E-state index >= 15 is 0 Å². The van der Waals surface area contributed by atoms with Crippen LogP contribution in [-0.4, -0.2) is 11.9 Å². The molecular formula is C4H3BN. The summed E-state index contributed by atoms with van der Waals surface area (Å²) in [5.41, 5.74) is 0. The Morgan fingerprint density at radius 2 is 2.67 bits per heavy atom. The van der Waals surface area contributed by atoms with Gasteiger partial charge in [0.2, 0.25) is 0 Å². The van der Waals surface area contributed by atoms with E-state index in [-0.39, 0.29) is 0 Å². The van der Waals surface area contributed by atoms with Gasteiger partial charge >= 0.3 is 36.2 Å². The van der Waals surface area contributed by atoms with E-state index in [0.29, 0.717) is 0 Å². The van der Waals surface area contributed by atoms with E-state index in [9.17, 15) is 0 Å². The molecule has 0 fully saturated rings. The fraction of sp³-hybridized carbons (Fsp3) is 0. The molecule has 1 rings (SSSR count). The molecule has 0 aliphatic heterocycles. The van der Waals surface area contributed by atoms with E-state index in [2.05, 4.69) is 10.9 Å². The summed E-state index contributed by atoms with van der Waals surface area (Å²) in [6, 6.07) is 0. The molecule has 2 heteroatoms. The quantitative estimate of drug-likeness (QED) is 0.430. The van der Waals surface area contributed by atoms with Crippen LogP contribution in [0, 0.1) is 5.96 Å². The Balaban J connectivity index is 3.00. The summed E-state index contributed by atoms with van der Waals surface area (Å²) in [5.74, 6) is 4.61. The van der Waals surface area contributed by atoms with Crippen molar-refractivity contribution in [2.24, 2.45) is 0 Å². The van der Waals surface area contributed by atoms with Crippen molar-refractivity contribution < 1.29 is 0 Å². The van der Waals surface area contributed by atoms with Crippen LogP contribution in [0.15, 0.2) is 18.4 Å². The van der Waals surface area contributed by atoms with Gasteiger partial charge in [0.05, 0.1) is 0 Å². The van der Waals surface area contributed by atoms with Gasteiger partial charge in [0, 0.05) is 0 Å². The maximum atomic E-state index is 3.73. The van der Waals surface area contributed by atoms with Crippen molar-refractivity contribution in [2.45, 2.75) is 0 Å². The van der Waals surface area contributed by atoms with Crippen LogP contribution < -0.4 is 0 Å². The third-order valence-corrected chi connectivity index (χ3v) is 0.514. The normalized spacial score (nSPS) is 7.33. The zero-order valence-corrected chi connectivity index (χ0v) is 3.26. The predicted molar refractivity (Wildman–Crippen MR) is 24.4 cm³/mol. The second-order valence-electron chi connectivity index (χ2n) is 0.953. The summed E-state index contributed by atoms with van der Waals surface area (Å²) in [6.45, 7) is 1.81. The molecule has 0 saturated carbocycles. The van der Waals surface area contributed by atoms with Crippen LogP contribution in [0.25, 0.3) is 0 Å². The first-order valence-corrected chi connectivity index (χ1v) is 1.76. The Morgan fingerprint density at radius 1 is 1.67 bits per heavy atom. The molecule has 0 aliphatic rings. The first-order valence-electron chi connectivity index (χ1n) is 1.76. The first kappa shape index (κ1) is 3.53. The Hall–Kier alpha value is -0.655. The number of rotatable bonds is 0. The third-order valence-electron chi connectivity index (χ3n) is 0.514. The topological polar surface area (TPSA) is 12.9 Å². The van der Waals surface area contributed by atoms with E-state index in [1.807, 2.05) is 12.9 Å². The molecule has 0 aliphatic carbocycles. The van der Waals surface area contributed by atoms with Gasteiger partial charge in [-0.1, -0.05) is 0 Å². The Bertz CT molecular complexity index is 79.5. The standard InChI is InChI=1S/C4H3BN/c1-3-6-4-2-5-1/h1,3-4H. The molecule has 0 amide bonds. The number of hydrogen-bond donors (Lipinski definition) is 0. The molecule has 0 spiro atoms. The summed E-state index contributed by atoms with van der Waals surface area (Å²) < 4.78 is 0. The summed E-state index contributed by atoms with van der Waals surface area (Å²) in [7, 11) is 0. The predicted octanol–water partition coefficient (Wildman–Crippen LogP) is 0.220. The van der Waals surface area contributed by atoms with E-state index < -0.39 is 0 Å². The second kappa shape index (κ2) is 1.70. The summed E-state index contributed by atoms with van der Waals surface area (Å²) >= 11 is 0. The molecule has 0 saturated heterocycles. The molecule has 1 nitrogen and oxygen atoms in total. The number of hydrogen-bond acceptors (Lipinski definition) is 1. The van der Waals surface area contributed by atoms with Gasteiger partial charge in [-0.05, 0) is 0 Å².